The largest absolute Gasteiger partial charge is 0.345 e. The van der Waals surface area contributed by atoms with Crippen LogP contribution in [0.3, 0.4) is 0 Å². The highest BCUT2D eigenvalue weighted by molar-refractivity contribution is 6.02. The van der Waals surface area contributed by atoms with Crippen LogP contribution in [-0.4, -0.2) is 29.3 Å². The molecule has 1 aromatic rings. The maximum absolute atomic E-state index is 12.9. The molecule has 130 valence electrons. The second kappa shape index (κ2) is 7.47. The molecule has 1 aliphatic rings. The van der Waals surface area contributed by atoms with Crippen molar-refractivity contribution < 1.29 is 14.4 Å². The number of benzene rings is 1. The third-order valence-corrected chi connectivity index (χ3v) is 4.46. The first-order chi connectivity index (χ1) is 11.3. The smallest absolute Gasteiger partial charge is 0.250 e. The molecule has 24 heavy (non-hydrogen) atoms. The van der Waals surface area contributed by atoms with Gasteiger partial charge < -0.3 is 16.0 Å². The summed E-state index contributed by atoms with van der Waals surface area (Å²) in [7, 11) is 0. The van der Waals surface area contributed by atoms with Crippen LogP contribution in [0.15, 0.2) is 24.3 Å². The zero-order valence-electron chi connectivity index (χ0n) is 14.4. The molecule has 0 heterocycles. The Balaban J connectivity index is 2.12. The van der Waals surface area contributed by atoms with Gasteiger partial charge in [-0.3, -0.25) is 14.4 Å². The van der Waals surface area contributed by atoms with Crippen molar-refractivity contribution in [1.29, 1.82) is 0 Å². The number of carbonyl (C=O) groups excluding carboxylic acids is 3. The maximum Gasteiger partial charge on any atom is 0.250 e. The number of rotatable bonds is 5. The van der Waals surface area contributed by atoms with Crippen molar-refractivity contribution in [3.8, 4) is 0 Å². The van der Waals surface area contributed by atoms with E-state index in [0.29, 0.717) is 12.8 Å². The average molecular weight is 331 g/mol. The van der Waals surface area contributed by atoms with Gasteiger partial charge in [0.2, 0.25) is 17.7 Å². The number of anilines is 1. The number of nitrogens with one attached hydrogen (secondary N) is 3. The molecule has 1 fully saturated rings. The van der Waals surface area contributed by atoms with Crippen LogP contribution >= 0.6 is 0 Å². The SMILES string of the molecule is CC(=O)NC(C)C(=O)NC1(C(=O)Nc2ccccc2C)CCCC1. The Hall–Kier alpha value is -2.37. The number of hydrogen-bond acceptors (Lipinski definition) is 3. The molecule has 1 atom stereocenters. The molecule has 3 amide bonds. The number of hydrogen-bond donors (Lipinski definition) is 3. The first-order valence-electron chi connectivity index (χ1n) is 8.30. The van der Waals surface area contributed by atoms with Crippen LogP contribution in [0.2, 0.25) is 0 Å². The average Bonchev–Trinajstić information content (AvgIpc) is 2.98. The lowest BCUT2D eigenvalue weighted by Crippen LogP contribution is -2.59. The summed E-state index contributed by atoms with van der Waals surface area (Å²) in [4.78, 5) is 36.3. The van der Waals surface area contributed by atoms with Crippen LogP contribution in [0, 0.1) is 6.92 Å². The van der Waals surface area contributed by atoms with Gasteiger partial charge in [0.05, 0.1) is 0 Å². The van der Waals surface area contributed by atoms with Gasteiger partial charge >= 0.3 is 0 Å². The van der Waals surface area contributed by atoms with E-state index < -0.39 is 11.6 Å². The summed E-state index contributed by atoms with van der Waals surface area (Å²) in [5, 5.41) is 8.36. The van der Waals surface area contributed by atoms with Crippen molar-refractivity contribution in [3.63, 3.8) is 0 Å². The van der Waals surface area contributed by atoms with E-state index in [4.69, 9.17) is 0 Å². The predicted octanol–water partition coefficient (Wildman–Crippen LogP) is 1.89. The molecule has 0 radical (unpaired) electrons. The molecule has 3 N–H and O–H groups in total. The summed E-state index contributed by atoms with van der Waals surface area (Å²) in [6, 6.07) is 6.87. The van der Waals surface area contributed by atoms with Crippen LogP contribution in [0.5, 0.6) is 0 Å². The number of carbonyl (C=O) groups is 3. The normalized spacial score (nSPS) is 17.0. The summed E-state index contributed by atoms with van der Waals surface area (Å²) in [5.41, 5.74) is 0.807. The van der Waals surface area contributed by atoms with Gasteiger partial charge in [-0.2, -0.15) is 0 Å². The van der Waals surface area contributed by atoms with Gasteiger partial charge in [-0.1, -0.05) is 31.0 Å². The van der Waals surface area contributed by atoms with E-state index in [1.54, 1.807) is 6.92 Å². The molecule has 2 rings (SSSR count). The van der Waals surface area contributed by atoms with Gasteiger partial charge in [0.15, 0.2) is 0 Å². The second-order valence-electron chi connectivity index (χ2n) is 6.47. The fourth-order valence-electron chi connectivity index (χ4n) is 3.06. The standard InChI is InChI=1S/C18H25N3O3/c1-12-8-4-5-9-15(12)20-17(24)18(10-6-7-11-18)21-16(23)13(2)19-14(3)22/h4-5,8-9,13H,6-7,10-11H2,1-3H3,(H,19,22)(H,20,24)(H,21,23). The third kappa shape index (κ3) is 4.13. The summed E-state index contributed by atoms with van der Waals surface area (Å²) >= 11 is 0. The lowest BCUT2D eigenvalue weighted by atomic mass is 9.95. The Morgan fingerprint density at radius 1 is 1.12 bits per heavy atom. The van der Waals surface area contributed by atoms with Crippen molar-refractivity contribution in [2.24, 2.45) is 0 Å². The monoisotopic (exact) mass is 331 g/mol. The molecular formula is C18H25N3O3. The van der Waals surface area contributed by atoms with Crippen molar-refractivity contribution in [3.05, 3.63) is 29.8 Å². The van der Waals surface area contributed by atoms with Crippen molar-refractivity contribution in [1.82, 2.24) is 10.6 Å². The third-order valence-electron chi connectivity index (χ3n) is 4.46. The van der Waals surface area contributed by atoms with Gasteiger partial charge in [0.1, 0.15) is 11.6 Å². The molecule has 0 spiro atoms. The Labute approximate surface area is 142 Å². The highest BCUT2D eigenvalue weighted by atomic mass is 16.2. The molecule has 1 aromatic carbocycles. The van der Waals surface area contributed by atoms with Crippen LogP contribution < -0.4 is 16.0 Å². The molecule has 1 unspecified atom stereocenters. The Bertz CT molecular complexity index is 636. The van der Waals surface area contributed by atoms with Crippen molar-refractivity contribution >= 4 is 23.4 Å². The highest BCUT2D eigenvalue weighted by Gasteiger charge is 2.43. The van der Waals surface area contributed by atoms with E-state index in [2.05, 4.69) is 16.0 Å². The fraction of sp³-hybridized carbons (Fsp3) is 0.500. The summed E-state index contributed by atoms with van der Waals surface area (Å²) < 4.78 is 0. The zero-order chi connectivity index (χ0) is 17.7. The quantitative estimate of drug-likeness (QED) is 0.770. The van der Waals surface area contributed by atoms with Crippen LogP contribution in [-0.2, 0) is 14.4 Å². The zero-order valence-corrected chi connectivity index (χ0v) is 14.4. The Morgan fingerprint density at radius 3 is 2.33 bits per heavy atom. The summed E-state index contributed by atoms with van der Waals surface area (Å²) in [6.07, 6.45) is 2.97. The molecule has 1 saturated carbocycles. The molecule has 0 bridgehead atoms. The molecule has 1 aliphatic carbocycles. The molecule has 0 aromatic heterocycles. The topological polar surface area (TPSA) is 87.3 Å². The van der Waals surface area contributed by atoms with Crippen molar-refractivity contribution in [2.75, 3.05) is 5.32 Å². The van der Waals surface area contributed by atoms with E-state index in [0.717, 1.165) is 24.1 Å². The Morgan fingerprint density at radius 2 is 1.75 bits per heavy atom. The van der Waals surface area contributed by atoms with Gasteiger partial charge in [0, 0.05) is 12.6 Å². The summed E-state index contributed by atoms with van der Waals surface area (Å²) in [5.74, 6) is -0.813. The van der Waals surface area contributed by atoms with Gasteiger partial charge in [-0.15, -0.1) is 0 Å². The summed E-state index contributed by atoms with van der Waals surface area (Å²) in [6.45, 7) is 4.90. The molecule has 6 heteroatoms. The first kappa shape index (κ1) is 18.0. The van der Waals surface area contributed by atoms with Gasteiger partial charge in [0.25, 0.3) is 0 Å². The van der Waals surface area contributed by atoms with Crippen LogP contribution in [0.25, 0.3) is 0 Å². The van der Waals surface area contributed by atoms with Gasteiger partial charge in [-0.05, 0) is 38.3 Å². The molecular weight excluding hydrogens is 306 g/mol. The molecule has 0 aliphatic heterocycles. The van der Waals surface area contributed by atoms with E-state index in [1.807, 2.05) is 31.2 Å². The molecule has 6 nitrogen and oxygen atoms in total. The van der Waals surface area contributed by atoms with Crippen LogP contribution in [0.1, 0.15) is 45.1 Å². The first-order valence-corrected chi connectivity index (χ1v) is 8.30. The minimum atomic E-state index is -0.911. The highest BCUT2D eigenvalue weighted by Crippen LogP contribution is 2.31. The van der Waals surface area contributed by atoms with E-state index in [9.17, 15) is 14.4 Å². The van der Waals surface area contributed by atoms with E-state index in [1.165, 1.54) is 6.92 Å². The fourth-order valence-corrected chi connectivity index (χ4v) is 3.06. The predicted molar refractivity (Wildman–Crippen MR) is 92.4 cm³/mol. The lowest BCUT2D eigenvalue weighted by Gasteiger charge is -2.30. The van der Waals surface area contributed by atoms with Crippen molar-refractivity contribution in [2.45, 2.75) is 58.0 Å². The molecule has 0 saturated heterocycles. The Kier molecular flexibility index (Phi) is 5.59. The maximum atomic E-state index is 12.9. The minimum Gasteiger partial charge on any atom is -0.345 e. The number of para-hydroxylation sites is 1. The second-order valence-corrected chi connectivity index (χ2v) is 6.47. The van der Waals surface area contributed by atoms with E-state index >= 15 is 0 Å². The minimum absolute atomic E-state index is 0.197. The van der Waals surface area contributed by atoms with Crippen LogP contribution in [0.4, 0.5) is 5.69 Å². The number of amides is 3. The number of aryl methyl sites for hydroxylation is 1. The lowest BCUT2D eigenvalue weighted by molar-refractivity contribution is -0.132. The van der Waals surface area contributed by atoms with E-state index in [-0.39, 0.29) is 17.7 Å². The van der Waals surface area contributed by atoms with Gasteiger partial charge in [-0.25, -0.2) is 0 Å².